The number of aryl methyl sites for hydroxylation is 2. The Morgan fingerprint density at radius 3 is 2.65 bits per heavy atom. The van der Waals surface area contributed by atoms with Crippen LogP contribution < -0.4 is 5.73 Å². The Kier molecular flexibility index (Phi) is 5.06. The molecule has 2 rings (SSSR count). The summed E-state index contributed by atoms with van der Waals surface area (Å²) in [7, 11) is 1.90. The number of rotatable bonds is 6. The molecule has 0 aliphatic rings. The van der Waals surface area contributed by atoms with Gasteiger partial charge < -0.3 is 10.3 Å². The fraction of sp³-hybridized carbons (Fsp3) is 0.583. The number of hydrogen-bond donors (Lipinski definition) is 1. The van der Waals surface area contributed by atoms with Crippen LogP contribution in [0.25, 0.3) is 0 Å². The van der Waals surface area contributed by atoms with Gasteiger partial charge in [-0.2, -0.15) is 5.10 Å². The molecule has 0 saturated carbocycles. The molecule has 0 aliphatic heterocycles. The monoisotopic (exact) mass is 314 g/mol. The predicted octanol–water partition coefficient (Wildman–Crippen LogP) is 2.13. The van der Waals surface area contributed by atoms with Crippen LogP contribution in [0, 0.1) is 6.92 Å². The normalized spacial score (nSPS) is 11.2. The summed E-state index contributed by atoms with van der Waals surface area (Å²) in [5, 5.41) is 14.2. The first-order valence-electron chi connectivity index (χ1n) is 6.51. The largest absolute Gasteiger partial charge is 0.324 e. The van der Waals surface area contributed by atoms with E-state index in [4.69, 9.17) is 17.3 Å². The van der Waals surface area contributed by atoms with Crippen molar-refractivity contribution >= 4 is 23.4 Å². The third kappa shape index (κ3) is 2.99. The van der Waals surface area contributed by atoms with Gasteiger partial charge in [0.25, 0.3) is 0 Å². The van der Waals surface area contributed by atoms with Crippen LogP contribution in [0.2, 0.25) is 5.02 Å². The minimum atomic E-state index is 0.402. The summed E-state index contributed by atoms with van der Waals surface area (Å²) in [4.78, 5) is 0. The van der Waals surface area contributed by atoms with Crippen molar-refractivity contribution < 1.29 is 0 Å². The standard InChI is InChI=1S/C12H19ClN6S/c1-4-5-19-10(6-14)15-16-12(19)20-7-9-11(13)8(2)17-18(9)3/h4-7,14H2,1-3H3. The molecule has 2 aromatic rings. The van der Waals surface area contributed by atoms with Crippen molar-refractivity contribution in [2.45, 2.75) is 44.3 Å². The maximum Gasteiger partial charge on any atom is 0.191 e. The van der Waals surface area contributed by atoms with Gasteiger partial charge in [0, 0.05) is 19.3 Å². The highest BCUT2D eigenvalue weighted by molar-refractivity contribution is 7.98. The molecule has 0 fully saturated rings. The Morgan fingerprint density at radius 2 is 2.10 bits per heavy atom. The first-order chi connectivity index (χ1) is 9.58. The molecule has 2 N–H and O–H groups in total. The lowest BCUT2D eigenvalue weighted by atomic mass is 10.4. The summed E-state index contributed by atoms with van der Waals surface area (Å²) in [6.07, 6.45) is 1.02. The molecule has 110 valence electrons. The van der Waals surface area contributed by atoms with Crippen LogP contribution in [0.15, 0.2) is 5.16 Å². The quantitative estimate of drug-likeness (QED) is 0.827. The second-order valence-electron chi connectivity index (χ2n) is 4.51. The van der Waals surface area contributed by atoms with Crippen molar-refractivity contribution in [3.8, 4) is 0 Å². The number of nitrogens with zero attached hydrogens (tertiary/aromatic N) is 5. The molecule has 0 spiro atoms. The van der Waals surface area contributed by atoms with Gasteiger partial charge in [0.2, 0.25) is 0 Å². The zero-order valence-corrected chi connectivity index (χ0v) is 13.5. The molecule has 0 aliphatic carbocycles. The SMILES string of the molecule is CCCn1c(CN)nnc1SCc1c(Cl)c(C)nn1C. The summed E-state index contributed by atoms with van der Waals surface area (Å²) in [6, 6.07) is 0. The van der Waals surface area contributed by atoms with Crippen LogP contribution in [-0.2, 0) is 25.9 Å². The molecule has 20 heavy (non-hydrogen) atoms. The molecule has 2 aromatic heterocycles. The minimum absolute atomic E-state index is 0.402. The fourth-order valence-corrected chi connectivity index (χ4v) is 3.35. The van der Waals surface area contributed by atoms with Crippen molar-refractivity contribution in [3.63, 3.8) is 0 Å². The van der Waals surface area contributed by atoms with E-state index in [9.17, 15) is 0 Å². The highest BCUT2D eigenvalue weighted by atomic mass is 35.5. The van der Waals surface area contributed by atoms with E-state index in [1.165, 1.54) is 0 Å². The zero-order chi connectivity index (χ0) is 14.7. The Labute approximate surface area is 127 Å². The molecule has 8 heteroatoms. The second kappa shape index (κ2) is 6.60. The number of thioether (sulfide) groups is 1. The molecule has 6 nitrogen and oxygen atoms in total. The van der Waals surface area contributed by atoms with E-state index < -0.39 is 0 Å². The second-order valence-corrected chi connectivity index (χ2v) is 5.83. The first kappa shape index (κ1) is 15.3. The van der Waals surface area contributed by atoms with Crippen molar-refractivity contribution in [1.82, 2.24) is 24.5 Å². The molecule has 0 bridgehead atoms. The molecule has 0 amide bonds. The zero-order valence-electron chi connectivity index (χ0n) is 11.9. The maximum atomic E-state index is 6.25. The van der Waals surface area contributed by atoms with Gasteiger partial charge >= 0.3 is 0 Å². The summed E-state index contributed by atoms with van der Waals surface area (Å²) in [6.45, 7) is 5.30. The van der Waals surface area contributed by atoms with E-state index in [0.29, 0.717) is 12.3 Å². The van der Waals surface area contributed by atoms with Gasteiger partial charge in [-0.15, -0.1) is 10.2 Å². The highest BCUT2D eigenvalue weighted by Gasteiger charge is 2.15. The molecular weight excluding hydrogens is 296 g/mol. The number of aromatic nitrogens is 5. The molecule has 0 radical (unpaired) electrons. The number of nitrogens with two attached hydrogens (primary N) is 1. The number of hydrogen-bond acceptors (Lipinski definition) is 5. The van der Waals surface area contributed by atoms with Gasteiger partial charge in [0.1, 0.15) is 5.82 Å². The van der Waals surface area contributed by atoms with E-state index in [0.717, 1.165) is 40.4 Å². The summed E-state index contributed by atoms with van der Waals surface area (Å²) >= 11 is 7.86. The lowest BCUT2D eigenvalue weighted by molar-refractivity contribution is 0.592. The van der Waals surface area contributed by atoms with Crippen LogP contribution in [-0.4, -0.2) is 24.5 Å². The van der Waals surface area contributed by atoms with Gasteiger partial charge in [0.15, 0.2) is 5.16 Å². The molecule has 0 saturated heterocycles. The lowest BCUT2D eigenvalue weighted by Gasteiger charge is -2.07. The average Bonchev–Trinajstić information content (AvgIpc) is 2.91. The van der Waals surface area contributed by atoms with Crippen molar-refractivity contribution in [2.24, 2.45) is 12.8 Å². The topological polar surface area (TPSA) is 74.6 Å². The fourth-order valence-electron chi connectivity index (χ4n) is 1.99. The third-order valence-corrected chi connectivity index (χ3v) is 4.49. The van der Waals surface area contributed by atoms with Crippen LogP contribution >= 0.6 is 23.4 Å². The third-order valence-electron chi connectivity index (χ3n) is 3.02. The Hall–Kier alpha value is -1.05. The van der Waals surface area contributed by atoms with Gasteiger partial charge in [-0.3, -0.25) is 4.68 Å². The smallest absolute Gasteiger partial charge is 0.191 e. The van der Waals surface area contributed by atoms with Crippen LogP contribution in [0.5, 0.6) is 0 Å². The molecule has 0 atom stereocenters. The van der Waals surface area contributed by atoms with E-state index in [-0.39, 0.29) is 0 Å². The van der Waals surface area contributed by atoms with Gasteiger partial charge in [-0.25, -0.2) is 0 Å². The summed E-state index contributed by atoms with van der Waals surface area (Å²) in [5.74, 6) is 1.53. The van der Waals surface area contributed by atoms with Gasteiger partial charge in [0.05, 0.1) is 23.0 Å². The molecule has 0 unspecified atom stereocenters. The van der Waals surface area contributed by atoms with Gasteiger partial charge in [-0.05, 0) is 13.3 Å². The van der Waals surface area contributed by atoms with Crippen molar-refractivity contribution in [2.75, 3.05) is 0 Å². The first-order valence-corrected chi connectivity index (χ1v) is 7.87. The van der Waals surface area contributed by atoms with E-state index in [1.54, 1.807) is 11.8 Å². The summed E-state index contributed by atoms with van der Waals surface area (Å²) < 4.78 is 3.89. The lowest BCUT2D eigenvalue weighted by Crippen LogP contribution is -2.09. The Balaban J connectivity index is 2.16. The number of halogens is 1. The maximum absolute atomic E-state index is 6.25. The molecular formula is C12H19ClN6S. The predicted molar refractivity (Wildman–Crippen MR) is 80.7 cm³/mol. The van der Waals surface area contributed by atoms with Crippen LogP contribution in [0.1, 0.15) is 30.6 Å². The van der Waals surface area contributed by atoms with Crippen molar-refractivity contribution in [3.05, 3.63) is 22.2 Å². The highest BCUT2D eigenvalue weighted by Crippen LogP contribution is 2.27. The van der Waals surface area contributed by atoms with Crippen LogP contribution in [0.4, 0.5) is 0 Å². The molecule has 2 heterocycles. The average molecular weight is 315 g/mol. The minimum Gasteiger partial charge on any atom is -0.324 e. The van der Waals surface area contributed by atoms with Crippen LogP contribution in [0.3, 0.4) is 0 Å². The molecule has 0 aromatic carbocycles. The van der Waals surface area contributed by atoms with E-state index >= 15 is 0 Å². The van der Waals surface area contributed by atoms with E-state index in [1.807, 2.05) is 18.7 Å². The van der Waals surface area contributed by atoms with Gasteiger partial charge in [-0.1, -0.05) is 30.3 Å². The Bertz CT molecular complexity index is 591. The Morgan fingerprint density at radius 1 is 1.35 bits per heavy atom. The summed E-state index contributed by atoms with van der Waals surface area (Å²) in [5.41, 5.74) is 7.53. The van der Waals surface area contributed by atoms with E-state index in [2.05, 4.69) is 26.8 Å². The van der Waals surface area contributed by atoms with Crippen molar-refractivity contribution in [1.29, 1.82) is 0 Å².